The number of aryl methyl sites for hydroxylation is 1. The molecule has 2 aliphatic heterocycles. The Hall–Kier alpha value is -2.53. The summed E-state index contributed by atoms with van der Waals surface area (Å²) >= 11 is 1.49. The first-order chi connectivity index (χ1) is 12.1. The van der Waals surface area contributed by atoms with Crippen LogP contribution in [-0.2, 0) is 11.3 Å². The third-order valence-corrected chi connectivity index (χ3v) is 5.65. The molecule has 25 heavy (non-hydrogen) atoms. The molecule has 0 aliphatic carbocycles. The van der Waals surface area contributed by atoms with Crippen molar-refractivity contribution in [2.45, 2.75) is 24.8 Å². The van der Waals surface area contributed by atoms with E-state index in [4.69, 9.17) is 0 Å². The van der Waals surface area contributed by atoms with Gasteiger partial charge in [0.25, 0.3) is 5.91 Å². The highest BCUT2D eigenvalue weighted by atomic mass is 32.2. The smallest absolute Gasteiger partial charge is 0.312 e. The fourth-order valence-electron chi connectivity index (χ4n) is 3.22. The Morgan fingerprint density at radius 2 is 1.72 bits per heavy atom. The van der Waals surface area contributed by atoms with Gasteiger partial charge in [0.2, 0.25) is 0 Å². The predicted molar refractivity (Wildman–Crippen MR) is 100 cm³/mol. The van der Waals surface area contributed by atoms with Crippen molar-refractivity contribution in [2.75, 3.05) is 4.90 Å². The summed E-state index contributed by atoms with van der Waals surface area (Å²) in [7, 11) is 0. The van der Waals surface area contributed by atoms with Crippen LogP contribution in [0.1, 0.15) is 11.1 Å². The van der Waals surface area contributed by atoms with E-state index < -0.39 is 0 Å². The molecular weight excluding hydrogens is 332 g/mol. The molecule has 0 radical (unpaired) electrons. The van der Waals surface area contributed by atoms with E-state index in [-0.39, 0.29) is 23.2 Å². The fourth-order valence-corrected chi connectivity index (χ4v) is 4.26. The average Bonchev–Trinajstić information content (AvgIpc) is 3.11. The van der Waals surface area contributed by atoms with E-state index in [1.165, 1.54) is 22.2 Å². The van der Waals surface area contributed by atoms with Crippen molar-refractivity contribution in [2.24, 2.45) is 0 Å². The third-order valence-electron chi connectivity index (χ3n) is 4.56. The second kappa shape index (κ2) is 6.41. The van der Waals surface area contributed by atoms with Crippen LogP contribution in [0.5, 0.6) is 0 Å². The Bertz CT molecular complexity index is 833. The van der Waals surface area contributed by atoms with E-state index >= 15 is 0 Å². The SMILES string of the molecule is Cc1ccc(CN2C(=O)N(c3ccccc3)C(=O)C3SC=CC32)cc1. The van der Waals surface area contributed by atoms with Crippen LogP contribution in [0.2, 0.25) is 0 Å². The van der Waals surface area contributed by atoms with Gasteiger partial charge in [-0.2, -0.15) is 0 Å². The van der Waals surface area contributed by atoms with E-state index in [1.54, 1.807) is 17.0 Å². The minimum Gasteiger partial charge on any atom is -0.312 e. The number of anilines is 1. The molecule has 3 amide bonds. The lowest BCUT2D eigenvalue weighted by molar-refractivity contribution is -0.119. The van der Waals surface area contributed by atoms with Gasteiger partial charge in [0.05, 0.1) is 11.7 Å². The molecule has 4 nitrogen and oxygen atoms in total. The van der Waals surface area contributed by atoms with Crippen molar-refractivity contribution in [1.82, 2.24) is 4.90 Å². The monoisotopic (exact) mass is 350 g/mol. The summed E-state index contributed by atoms with van der Waals surface area (Å²) in [6, 6.07) is 16.9. The molecule has 2 aromatic carbocycles. The van der Waals surface area contributed by atoms with E-state index in [0.29, 0.717) is 12.2 Å². The summed E-state index contributed by atoms with van der Waals surface area (Å²) in [5.74, 6) is -0.142. The van der Waals surface area contributed by atoms with Gasteiger partial charge in [-0.25, -0.2) is 9.69 Å². The van der Waals surface area contributed by atoms with Crippen LogP contribution >= 0.6 is 11.8 Å². The molecule has 5 heteroatoms. The van der Waals surface area contributed by atoms with Gasteiger partial charge in [0, 0.05) is 6.54 Å². The van der Waals surface area contributed by atoms with Crippen LogP contribution in [-0.4, -0.2) is 28.1 Å². The Kier molecular flexibility index (Phi) is 4.09. The van der Waals surface area contributed by atoms with Gasteiger partial charge < -0.3 is 4.90 Å². The first-order valence-electron chi connectivity index (χ1n) is 8.22. The molecule has 126 valence electrons. The van der Waals surface area contributed by atoms with Gasteiger partial charge >= 0.3 is 6.03 Å². The largest absolute Gasteiger partial charge is 0.332 e. The standard InChI is InChI=1S/C20H18N2O2S/c1-14-7-9-15(10-8-14)13-21-17-11-12-25-18(17)19(23)22(20(21)24)16-5-3-2-4-6-16/h2-12,17-18H,13H2,1H3. The Labute approximate surface area is 151 Å². The number of amides is 3. The van der Waals surface area contributed by atoms with Crippen molar-refractivity contribution in [3.8, 4) is 0 Å². The number of hydrogen-bond donors (Lipinski definition) is 0. The topological polar surface area (TPSA) is 40.6 Å². The van der Waals surface area contributed by atoms with E-state index in [1.807, 2.05) is 60.9 Å². The maximum atomic E-state index is 13.1. The lowest BCUT2D eigenvalue weighted by Gasteiger charge is -2.41. The van der Waals surface area contributed by atoms with Gasteiger partial charge in [-0.3, -0.25) is 4.79 Å². The molecule has 2 heterocycles. The number of benzene rings is 2. The van der Waals surface area contributed by atoms with Crippen LogP contribution in [0.25, 0.3) is 0 Å². The number of para-hydroxylation sites is 1. The Morgan fingerprint density at radius 1 is 1.00 bits per heavy atom. The summed E-state index contributed by atoms with van der Waals surface area (Å²) in [6.07, 6.45) is 1.96. The zero-order valence-electron chi connectivity index (χ0n) is 13.8. The molecule has 0 saturated carbocycles. The number of thioether (sulfide) groups is 1. The normalized spacial score (nSPS) is 22.4. The third kappa shape index (κ3) is 2.85. The number of carbonyl (C=O) groups is 2. The number of carbonyl (C=O) groups excluding carboxylic acids is 2. The summed E-state index contributed by atoms with van der Waals surface area (Å²) in [5.41, 5.74) is 2.87. The number of imide groups is 1. The molecule has 2 aromatic rings. The second-order valence-electron chi connectivity index (χ2n) is 6.28. The average molecular weight is 350 g/mol. The summed E-state index contributed by atoms with van der Waals surface area (Å²) in [5, 5.41) is 1.65. The van der Waals surface area contributed by atoms with Gasteiger partial charge in [0.15, 0.2) is 0 Å². The van der Waals surface area contributed by atoms with E-state index in [0.717, 1.165) is 5.56 Å². The van der Waals surface area contributed by atoms with Crippen molar-refractivity contribution in [1.29, 1.82) is 0 Å². The van der Waals surface area contributed by atoms with Crippen molar-refractivity contribution < 1.29 is 9.59 Å². The van der Waals surface area contributed by atoms with Crippen LogP contribution < -0.4 is 4.90 Å². The fraction of sp³-hybridized carbons (Fsp3) is 0.200. The Balaban J connectivity index is 1.69. The van der Waals surface area contributed by atoms with Crippen molar-refractivity contribution in [3.05, 3.63) is 77.2 Å². The highest BCUT2D eigenvalue weighted by Gasteiger charge is 2.47. The summed E-state index contributed by atoms with van der Waals surface area (Å²) in [4.78, 5) is 29.1. The van der Waals surface area contributed by atoms with E-state index in [9.17, 15) is 9.59 Å². The first kappa shape index (κ1) is 16.0. The molecular formula is C20H18N2O2S. The molecule has 2 atom stereocenters. The summed E-state index contributed by atoms with van der Waals surface area (Å²) < 4.78 is 0. The van der Waals surface area contributed by atoms with Gasteiger partial charge in [-0.05, 0) is 30.0 Å². The Morgan fingerprint density at radius 3 is 2.44 bits per heavy atom. The van der Waals surface area contributed by atoms with Gasteiger partial charge in [0.1, 0.15) is 5.25 Å². The minimum absolute atomic E-state index is 0.142. The zero-order chi connectivity index (χ0) is 17.4. The molecule has 4 rings (SSSR count). The van der Waals surface area contributed by atoms with Gasteiger partial charge in [-0.15, -0.1) is 11.8 Å². The maximum Gasteiger partial charge on any atom is 0.332 e. The highest BCUT2D eigenvalue weighted by molar-refractivity contribution is 8.03. The molecule has 1 saturated heterocycles. The lowest BCUT2D eigenvalue weighted by atomic mass is 10.1. The molecule has 1 fully saturated rings. The zero-order valence-corrected chi connectivity index (χ0v) is 14.6. The van der Waals surface area contributed by atoms with Crippen molar-refractivity contribution >= 4 is 29.4 Å². The van der Waals surface area contributed by atoms with Crippen LogP contribution in [0.3, 0.4) is 0 Å². The van der Waals surface area contributed by atoms with Crippen LogP contribution in [0.15, 0.2) is 66.1 Å². The second-order valence-corrected chi connectivity index (χ2v) is 7.33. The summed E-state index contributed by atoms with van der Waals surface area (Å²) in [6.45, 7) is 2.53. The molecule has 0 N–H and O–H groups in total. The predicted octanol–water partition coefficient (Wildman–Crippen LogP) is 3.96. The van der Waals surface area contributed by atoms with Gasteiger partial charge in [-0.1, -0.05) is 54.1 Å². The first-order valence-corrected chi connectivity index (χ1v) is 9.17. The van der Waals surface area contributed by atoms with E-state index in [2.05, 4.69) is 0 Å². The van der Waals surface area contributed by atoms with Crippen molar-refractivity contribution in [3.63, 3.8) is 0 Å². The quantitative estimate of drug-likeness (QED) is 0.841. The van der Waals surface area contributed by atoms with Crippen LogP contribution in [0.4, 0.5) is 10.5 Å². The highest BCUT2D eigenvalue weighted by Crippen LogP contribution is 2.36. The number of urea groups is 1. The molecule has 0 spiro atoms. The number of fused-ring (bicyclic) bond motifs is 1. The molecule has 2 aliphatic rings. The number of hydrogen-bond acceptors (Lipinski definition) is 3. The van der Waals surface area contributed by atoms with Crippen LogP contribution in [0, 0.1) is 6.92 Å². The minimum atomic E-state index is -0.275. The lowest BCUT2D eigenvalue weighted by Crippen LogP contribution is -2.61. The number of nitrogens with zero attached hydrogens (tertiary/aromatic N) is 2. The number of rotatable bonds is 3. The molecule has 0 bridgehead atoms. The molecule has 0 aromatic heterocycles. The maximum absolute atomic E-state index is 13.1. The molecule has 2 unspecified atom stereocenters.